The van der Waals surface area contributed by atoms with Gasteiger partial charge in [0, 0.05) is 0 Å². The van der Waals surface area contributed by atoms with Gasteiger partial charge in [0.25, 0.3) is 0 Å². The van der Waals surface area contributed by atoms with Gasteiger partial charge in [0.15, 0.2) is 0 Å². The normalized spacial score (nSPS) is 16.2. The van der Waals surface area contributed by atoms with Crippen molar-refractivity contribution in [2.45, 2.75) is 0 Å². The first-order chi connectivity index (χ1) is 4.30. The van der Waals surface area contributed by atoms with E-state index in [9.17, 15) is 10.1 Å². The molecule has 0 saturated heterocycles. The van der Waals surface area contributed by atoms with E-state index in [1.165, 1.54) is 12.4 Å². The van der Waals surface area contributed by atoms with E-state index in [0.29, 0.717) is 6.54 Å². The summed E-state index contributed by atoms with van der Waals surface area (Å²) >= 11 is 0. The molecule has 5 heteroatoms. The van der Waals surface area contributed by atoms with Crippen LogP contribution in [0.3, 0.4) is 0 Å². The maximum atomic E-state index is 9.94. The highest BCUT2D eigenvalue weighted by molar-refractivity contribution is 5.62. The van der Waals surface area contributed by atoms with E-state index in [2.05, 4.69) is 10.3 Å². The topological polar surface area (TPSA) is 67.5 Å². The van der Waals surface area contributed by atoms with Crippen molar-refractivity contribution in [3.63, 3.8) is 0 Å². The first kappa shape index (κ1) is 5.74. The summed E-state index contributed by atoms with van der Waals surface area (Å²) in [4.78, 5) is 12.9. The predicted molar refractivity (Wildman–Crippen MR) is 31.6 cm³/mol. The molecule has 0 amide bonds. The van der Waals surface area contributed by atoms with Gasteiger partial charge in [0.1, 0.15) is 6.21 Å². The van der Waals surface area contributed by atoms with Gasteiger partial charge in [-0.2, -0.15) is 0 Å². The predicted octanol–water partition coefficient (Wildman–Crippen LogP) is -0.264. The fourth-order valence-electron chi connectivity index (χ4n) is 0.479. The zero-order valence-corrected chi connectivity index (χ0v) is 4.57. The summed E-state index contributed by atoms with van der Waals surface area (Å²) in [6, 6.07) is 0. The lowest BCUT2D eigenvalue weighted by atomic mass is 10.6. The zero-order chi connectivity index (χ0) is 6.69. The van der Waals surface area contributed by atoms with Crippen LogP contribution in [0, 0.1) is 10.1 Å². The molecule has 0 aliphatic carbocycles. The van der Waals surface area contributed by atoms with Crippen LogP contribution < -0.4 is 5.32 Å². The molecule has 1 N–H and O–H groups in total. The molecule has 1 aliphatic rings. The van der Waals surface area contributed by atoms with Crippen LogP contribution in [0.2, 0.25) is 0 Å². The molecule has 0 bridgehead atoms. The van der Waals surface area contributed by atoms with Crippen molar-refractivity contribution in [2.75, 3.05) is 6.54 Å². The van der Waals surface area contributed by atoms with Crippen LogP contribution in [0.1, 0.15) is 0 Å². The molecule has 9 heavy (non-hydrogen) atoms. The Morgan fingerprint density at radius 1 is 1.89 bits per heavy atom. The van der Waals surface area contributed by atoms with Gasteiger partial charge in [-0.15, -0.1) is 0 Å². The van der Waals surface area contributed by atoms with E-state index in [0.717, 1.165) is 0 Å². The van der Waals surface area contributed by atoms with Gasteiger partial charge in [-0.25, -0.2) is 0 Å². The molecule has 0 aromatic heterocycles. The van der Waals surface area contributed by atoms with Gasteiger partial charge in [-0.05, 0) is 9.92 Å². The Bertz CT molecular complexity index is 184. The summed E-state index contributed by atoms with van der Waals surface area (Å²) in [6.07, 6.45) is 2.73. The first-order valence-electron chi connectivity index (χ1n) is 2.41. The van der Waals surface area contributed by atoms with Crippen molar-refractivity contribution in [2.24, 2.45) is 4.99 Å². The Morgan fingerprint density at radius 2 is 2.67 bits per heavy atom. The summed E-state index contributed by atoms with van der Waals surface area (Å²) in [5.41, 5.74) is 0. The maximum absolute atomic E-state index is 9.94. The molecule has 0 fully saturated rings. The highest BCUT2D eigenvalue weighted by atomic mass is 16.6. The maximum Gasteiger partial charge on any atom is 0.379 e. The van der Waals surface area contributed by atoms with E-state index in [1.807, 2.05) is 0 Å². The third-order valence-corrected chi connectivity index (χ3v) is 0.851. The van der Waals surface area contributed by atoms with E-state index >= 15 is 0 Å². The molecule has 0 aromatic rings. The average Bonchev–Trinajstić information content (AvgIpc) is 1.90. The molecular weight excluding hydrogens is 122 g/mol. The molecule has 1 heterocycles. The monoisotopic (exact) mass is 127 g/mol. The van der Waals surface area contributed by atoms with Crippen LogP contribution in [0.4, 0.5) is 0 Å². The second-order valence-electron chi connectivity index (χ2n) is 1.48. The molecule has 1 rings (SSSR count). The molecule has 0 aromatic carbocycles. The van der Waals surface area contributed by atoms with Gasteiger partial charge in [0.05, 0.1) is 12.7 Å². The lowest BCUT2D eigenvalue weighted by Gasteiger charge is -1.97. The Labute approximate surface area is 51.2 Å². The van der Waals surface area contributed by atoms with Crippen molar-refractivity contribution in [3.05, 3.63) is 22.1 Å². The number of hydrogen-bond donors (Lipinski definition) is 1. The number of hydrogen-bond acceptors (Lipinski definition) is 4. The van der Waals surface area contributed by atoms with Crippen molar-refractivity contribution in [1.29, 1.82) is 0 Å². The second-order valence-corrected chi connectivity index (χ2v) is 1.48. The lowest BCUT2D eigenvalue weighted by molar-refractivity contribution is -0.426. The quantitative estimate of drug-likeness (QED) is 0.389. The van der Waals surface area contributed by atoms with Crippen molar-refractivity contribution in [3.8, 4) is 0 Å². The Hall–Kier alpha value is -1.39. The van der Waals surface area contributed by atoms with Gasteiger partial charge in [-0.1, -0.05) is 0 Å². The minimum absolute atomic E-state index is 0.138. The highest BCUT2D eigenvalue weighted by Gasteiger charge is 2.08. The smallest absolute Gasteiger partial charge is 0.377 e. The standard InChI is InChI=1S/C4H5N3O2/c8-7(9)4-3-5-1-2-6-4/h2-3,5H,1H2. The van der Waals surface area contributed by atoms with E-state index in [1.54, 1.807) is 0 Å². The number of nitrogens with zero attached hydrogens (tertiary/aromatic N) is 2. The first-order valence-corrected chi connectivity index (χ1v) is 2.41. The third-order valence-electron chi connectivity index (χ3n) is 0.851. The minimum atomic E-state index is -0.539. The molecule has 0 unspecified atom stereocenters. The summed E-state index contributed by atoms with van der Waals surface area (Å²) in [7, 11) is 0. The summed E-state index contributed by atoms with van der Waals surface area (Å²) in [5, 5.41) is 12.6. The molecule has 48 valence electrons. The summed E-state index contributed by atoms with van der Waals surface area (Å²) in [5.74, 6) is -0.138. The molecule has 0 spiro atoms. The summed E-state index contributed by atoms with van der Waals surface area (Å²) < 4.78 is 0. The largest absolute Gasteiger partial charge is 0.379 e. The van der Waals surface area contributed by atoms with E-state index < -0.39 is 4.92 Å². The van der Waals surface area contributed by atoms with Crippen LogP contribution in [-0.4, -0.2) is 17.7 Å². The molecule has 1 aliphatic heterocycles. The average molecular weight is 127 g/mol. The fraction of sp³-hybridized carbons (Fsp3) is 0.250. The number of aliphatic imine (C=N–C) groups is 1. The number of nitro groups is 1. The Kier molecular flexibility index (Phi) is 1.44. The van der Waals surface area contributed by atoms with Gasteiger partial charge >= 0.3 is 5.82 Å². The van der Waals surface area contributed by atoms with Crippen LogP contribution >= 0.6 is 0 Å². The third kappa shape index (κ3) is 1.25. The Morgan fingerprint density at radius 3 is 3.00 bits per heavy atom. The molecule has 0 atom stereocenters. The minimum Gasteiger partial charge on any atom is -0.377 e. The van der Waals surface area contributed by atoms with Gasteiger partial charge in [0.2, 0.25) is 0 Å². The van der Waals surface area contributed by atoms with Crippen molar-refractivity contribution < 1.29 is 4.92 Å². The highest BCUT2D eigenvalue weighted by Crippen LogP contribution is 1.96. The van der Waals surface area contributed by atoms with Crippen LogP contribution in [0.5, 0.6) is 0 Å². The SMILES string of the molecule is O=[N+]([O-])C1=CNCC=N1. The van der Waals surface area contributed by atoms with Crippen LogP contribution in [0.25, 0.3) is 0 Å². The van der Waals surface area contributed by atoms with E-state index in [-0.39, 0.29) is 5.82 Å². The van der Waals surface area contributed by atoms with Crippen LogP contribution in [-0.2, 0) is 0 Å². The number of rotatable bonds is 1. The molecule has 0 saturated carbocycles. The van der Waals surface area contributed by atoms with Crippen molar-refractivity contribution >= 4 is 6.21 Å². The van der Waals surface area contributed by atoms with Crippen LogP contribution in [0.15, 0.2) is 17.0 Å². The van der Waals surface area contributed by atoms with Gasteiger partial charge < -0.3 is 15.4 Å². The fourth-order valence-corrected chi connectivity index (χ4v) is 0.479. The number of nitrogens with one attached hydrogen (secondary N) is 1. The summed E-state index contributed by atoms with van der Waals surface area (Å²) in [6.45, 7) is 0.567. The van der Waals surface area contributed by atoms with E-state index in [4.69, 9.17) is 0 Å². The van der Waals surface area contributed by atoms with Crippen molar-refractivity contribution in [1.82, 2.24) is 5.32 Å². The zero-order valence-electron chi connectivity index (χ0n) is 4.57. The lowest BCUT2D eigenvalue weighted by Crippen LogP contribution is -2.16. The van der Waals surface area contributed by atoms with Gasteiger partial charge in [-0.3, -0.25) is 0 Å². The Balaban J connectivity index is 2.69. The molecule has 0 radical (unpaired) electrons. The molecule has 5 nitrogen and oxygen atoms in total. The molecular formula is C4H5N3O2. The second kappa shape index (κ2) is 2.25.